The van der Waals surface area contributed by atoms with Gasteiger partial charge in [-0.25, -0.2) is 0 Å². The van der Waals surface area contributed by atoms with E-state index >= 15 is 0 Å². The summed E-state index contributed by atoms with van der Waals surface area (Å²) in [5.41, 5.74) is 1.49. The minimum absolute atomic E-state index is 0.263. The van der Waals surface area contributed by atoms with Gasteiger partial charge in [0.2, 0.25) is 5.78 Å². The molecule has 0 aliphatic rings. The number of halogens is 2. The minimum atomic E-state index is -0.969. The second kappa shape index (κ2) is 8.84. The van der Waals surface area contributed by atoms with Crippen molar-refractivity contribution in [3.8, 4) is 0 Å². The molecular formula is C21H16BrClN2O2. The van der Waals surface area contributed by atoms with Crippen molar-refractivity contribution in [2.24, 2.45) is 0 Å². The number of Topliss-reactive ketones (excluding diaryl/α,β-unsaturated/α-hetero) is 1. The first-order valence-corrected chi connectivity index (χ1v) is 9.38. The number of amides is 1. The summed E-state index contributed by atoms with van der Waals surface area (Å²) >= 11 is 9.54. The molecule has 0 fully saturated rings. The Morgan fingerprint density at radius 2 is 1.44 bits per heavy atom. The van der Waals surface area contributed by atoms with Gasteiger partial charge in [0, 0.05) is 15.6 Å². The van der Waals surface area contributed by atoms with Gasteiger partial charge < -0.3 is 10.6 Å². The zero-order chi connectivity index (χ0) is 19.2. The van der Waals surface area contributed by atoms with Crippen LogP contribution >= 0.6 is 27.5 Å². The van der Waals surface area contributed by atoms with E-state index in [0.717, 1.165) is 4.47 Å². The molecule has 3 aromatic carbocycles. The van der Waals surface area contributed by atoms with Gasteiger partial charge in [0.05, 0.1) is 10.7 Å². The Hall–Kier alpha value is -2.63. The number of hydrogen-bond donors (Lipinski definition) is 2. The van der Waals surface area contributed by atoms with Crippen LogP contribution in [0.15, 0.2) is 83.3 Å². The Bertz CT molecular complexity index is 946. The molecule has 0 aromatic heterocycles. The molecule has 27 heavy (non-hydrogen) atoms. The van der Waals surface area contributed by atoms with Crippen LogP contribution in [0.1, 0.15) is 20.7 Å². The first-order chi connectivity index (χ1) is 13.0. The van der Waals surface area contributed by atoms with E-state index in [1.54, 1.807) is 72.8 Å². The summed E-state index contributed by atoms with van der Waals surface area (Å²) in [6.07, 6.45) is -0.969. The highest BCUT2D eigenvalue weighted by atomic mass is 79.9. The number of rotatable bonds is 6. The number of hydrogen-bond acceptors (Lipinski definition) is 3. The predicted molar refractivity (Wildman–Crippen MR) is 111 cm³/mol. The highest BCUT2D eigenvalue weighted by molar-refractivity contribution is 9.10. The SMILES string of the molecule is O=C(N[C@H](Nc1ccccc1Cl)C(=O)c1ccccc1)c1ccc(Br)cc1. The van der Waals surface area contributed by atoms with Crippen molar-refractivity contribution in [2.45, 2.75) is 6.17 Å². The fraction of sp³-hybridized carbons (Fsp3) is 0.0476. The zero-order valence-electron chi connectivity index (χ0n) is 14.2. The Balaban J connectivity index is 1.87. The van der Waals surface area contributed by atoms with E-state index in [4.69, 9.17) is 11.6 Å². The molecule has 6 heteroatoms. The van der Waals surface area contributed by atoms with Gasteiger partial charge in [-0.15, -0.1) is 0 Å². The molecule has 0 saturated carbocycles. The van der Waals surface area contributed by atoms with Gasteiger partial charge in [-0.2, -0.15) is 0 Å². The van der Waals surface area contributed by atoms with Crippen LogP contribution in [0.4, 0.5) is 5.69 Å². The molecular weight excluding hydrogens is 428 g/mol. The largest absolute Gasteiger partial charge is 0.358 e. The van der Waals surface area contributed by atoms with Crippen molar-refractivity contribution < 1.29 is 9.59 Å². The Morgan fingerprint density at radius 3 is 2.11 bits per heavy atom. The molecule has 3 aromatic rings. The third-order valence-corrected chi connectivity index (χ3v) is 4.73. The van der Waals surface area contributed by atoms with Gasteiger partial charge in [0.25, 0.3) is 5.91 Å². The van der Waals surface area contributed by atoms with Crippen molar-refractivity contribution in [2.75, 3.05) is 5.32 Å². The van der Waals surface area contributed by atoms with E-state index in [2.05, 4.69) is 26.6 Å². The fourth-order valence-electron chi connectivity index (χ4n) is 2.49. The molecule has 0 unspecified atom stereocenters. The molecule has 1 amide bonds. The maximum Gasteiger partial charge on any atom is 0.253 e. The molecule has 0 radical (unpaired) electrons. The number of anilines is 1. The lowest BCUT2D eigenvalue weighted by Crippen LogP contribution is -2.46. The van der Waals surface area contributed by atoms with E-state index in [9.17, 15) is 9.59 Å². The number of para-hydroxylation sites is 1. The Morgan fingerprint density at radius 1 is 0.815 bits per heavy atom. The second-order valence-corrected chi connectivity index (χ2v) is 7.09. The average Bonchev–Trinajstić information content (AvgIpc) is 2.69. The molecule has 136 valence electrons. The van der Waals surface area contributed by atoms with Gasteiger partial charge >= 0.3 is 0 Å². The van der Waals surface area contributed by atoms with Crippen LogP contribution in [0, 0.1) is 0 Å². The lowest BCUT2D eigenvalue weighted by atomic mass is 10.1. The van der Waals surface area contributed by atoms with Crippen LogP contribution in [0.5, 0.6) is 0 Å². The van der Waals surface area contributed by atoms with Gasteiger partial charge in [-0.3, -0.25) is 9.59 Å². The number of ketones is 1. The van der Waals surface area contributed by atoms with E-state index in [-0.39, 0.29) is 11.7 Å². The zero-order valence-corrected chi connectivity index (χ0v) is 16.5. The summed E-state index contributed by atoms with van der Waals surface area (Å²) in [6.45, 7) is 0. The maximum atomic E-state index is 13.0. The van der Waals surface area contributed by atoms with Crippen LogP contribution in [0.2, 0.25) is 5.02 Å². The summed E-state index contributed by atoms with van der Waals surface area (Å²) in [7, 11) is 0. The van der Waals surface area contributed by atoms with Crippen molar-refractivity contribution in [1.29, 1.82) is 0 Å². The number of carbonyl (C=O) groups is 2. The number of carbonyl (C=O) groups excluding carboxylic acids is 2. The van der Waals surface area contributed by atoms with E-state index in [1.165, 1.54) is 0 Å². The third-order valence-electron chi connectivity index (χ3n) is 3.88. The molecule has 3 rings (SSSR count). The third kappa shape index (κ3) is 4.96. The molecule has 0 spiro atoms. The second-order valence-electron chi connectivity index (χ2n) is 5.77. The van der Waals surface area contributed by atoms with Gasteiger partial charge in [-0.05, 0) is 36.4 Å². The molecule has 0 saturated heterocycles. The average molecular weight is 444 g/mol. The van der Waals surface area contributed by atoms with Crippen molar-refractivity contribution in [1.82, 2.24) is 5.32 Å². The Labute approximate surface area is 170 Å². The maximum absolute atomic E-state index is 13.0. The summed E-state index contributed by atoms with van der Waals surface area (Å²) < 4.78 is 0.866. The smallest absolute Gasteiger partial charge is 0.253 e. The minimum Gasteiger partial charge on any atom is -0.358 e. The summed E-state index contributed by atoms with van der Waals surface area (Å²) in [6, 6.07) is 22.7. The first-order valence-electron chi connectivity index (χ1n) is 8.21. The van der Waals surface area contributed by atoms with E-state index in [1.807, 2.05) is 6.07 Å². The molecule has 2 N–H and O–H groups in total. The fourth-order valence-corrected chi connectivity index (χ4v) is 2.94. The number of benzene rings is 3. The van der Waals surface area contributed by atoms with E-state index < -0.39 is 6.17 Å². The van der Waals surface area contributed by atoms with E-state index in [0.29, 0.717) is 21.8 Å². The van der Waals surface area contributed by atoms with Gasteiger partial charge in [0.15, 0.2) is 6.17 Å². The monoisotopic (exact) mass is 442 g/mol. The van der Waals surface area contributed by atoms with Crippen LogP contribution < -0.4 is 10.6 Å². The molecule has 0 heterocycles. The summed E-state index contributed by atoms with van der Waals surface area (Å²) in [5, 5.41) is 6.25. The lowest BCUT2D eigenvalue weighted by molar-refractivity contribution is 0.0869. The molecule has 0 aliphatic carbocycles. The molecule has 0 bridgehead atoms. The van der Waals surface area contributed by atoms with Crippen molar-refractivity contribution in [3.63, 3.8) is 0 Å². The molecule has 1 atom stereocenters. The highest BCUT2D eigenvalue weighted by Crippen LogP contribution is 2.22. The Kier molecular flexibility index (Phi) is 6.27. The topological polar surface area (TPSA) is 58.2 Å². The summed E-state index contributed by atoms with van der Waals surface area (Å²) in [5.74, 6) is -0.627. The van der Waals surface area contributed by atoms with Gasteiger partial charge in [0.1, 0.15) is 0 Å². The van der Waals surface area contributed by atoms with Crippen LogP contribution in [-0.4, -0.2) is 17.9 Å². The van der Waals surface area contributed by atoms with Crippen LogP contribution in [0.3, 0.4) is 0 Å². The van der Waals surface area contributed by atoms with Crippen molar-refractivity contribution >= 4 is 44.9 Å². The number of nitrogens with one attached hydrogen (secondary N) is 2. The molecule has 0 aliphatic heterocycles. The lowest BCUT2D eigenvalue weighted by Gasteiger charge is -2.21. The summed E-state index contributed by atoms with van der Waals surface area (Å²) in [4.78, 5) is 25.6. The van der Waals surface area contributed by atoms with Gasteiger partial charge in [-0.1, -0.05) is 70.0 Å². The molecule has 4 nitrogen and oxygen atoms in total. The quantitative estimate of drug-likeness (QED) is 0.409. The first kappa shape index (κ1) is 19.1. The normalized spacial score (nSPS) is 11.5. The highest BCUT2D eigenvalue weighted by Gasteiger charge is 2.23. The predicted octanol–water partition coefficient (Wildman–Crippen LogP) is 5.15. The van der Waals surface area contributed by atoms with Crippen LogP contribution in [0.25, 0.3) is 0 Å². The van der Waals surface area contributed by atoms with Crippen LogP contribution in [-0.2, 0) is 0 Å². The standard InChI is InChI=1S/C21H16BrClN2O2/c22-16-12-10-15(11-13-16)21(27)25-20(19(26)14-6-2-1-3-7-14)24-18-9-5-4-8-17(18)23/h1-13,20,24H,(H,25,27)/t20-/m0/s1. The van der Waals surface area contributed by atoms with Crippen molar-refractivity contribution in [3.05, 3.63) is 99.5 Å².